The van der Waals surface area contributed by atoms with Crippen molar-refractivity contribution >= 4 is 11.6 Å². The van der Waals surface area contributed by atoms with Crippen LogP contribution in [0.3, 0.4) is 0 Å². The Kier molecular flexibility index (Phi) is 8.28. The lowest BCUT2D eigenvalue weighted by molar-refractivity contribution is -0.139. The number of nitrogens with zero attached hydrogens (tertiary/aromatic N) is 1. The molecular weight excluding hydrogens is 304 g/mol. The Bertz CT molecular complexity index is 580. The van der Waals surface area contributed by atoms with E-state index in [-0.39, 0.29) is 5.91 Å². The van der Waals surface area contributed by atoms with Gasteiger partial charge in [0, 0.05) is 12.3 Å². The summed E-state index contributed by atoms with van der Waals surface area (Å²) < 4.78 is 11.3. The molecule has 1 amide bonds. The minimum atomic E-state index is -0.876. The average molecular weight is 332 g/mol. The summed E-state index contributed by atoms with van der Waals surface area (Å²) in [6, 6.07) is 7.22. The quantitative estimate of drug-likeness (QED) is 0.649. The van der Waals surface area contributed by atoms with E-state index in [1.807, 2.05) is 13.8 Å². The first kappa shape index (κ1) is 20.0. The monoisotopic (exact) mass is 332 g/mol. The van der Waals surface area contributed by atoms with E-state index >= 15 is 0 Å². The van der Waals surface area contributed by atoms with E-state index < -0.39 is 5.60 Å². The first-order valence-corrected chi connectivity index (χ1v) is 8.63. The molecule has 0 saturated heterocycles. The molecule has 0 radical (unpaired) electrons. The highest BCUT2D eigenvalue weighted by molar-refractivity contribution is 5.97. The van der Waals surface area contributed by atoms with E-state index in [4.69, 9.17) is 9.47 Å². The molecule has 0 aliphatic carbocycles. The van der Waals surface area contributed by atoms with Gasteiger partial charge in [0.15, 0.2) is 0 Å². The molecule has 0 spiro atoms. The third-order valence-corrected chi connectivity index (χ3v) is 3.89. The summed E-state index contributed by atoms with van der Waals surface area (Å²) in [6.07, 6.45) is 3.39. The lowest BCUT2D eigenvalue weighted by Gasteiger charge is -2.27. The van der Waals surface area contributed by atoms with Gasteiger partial charge < -0.3 is 14.8 Å². The first-order valence-electron chi connectivity index (χ1n) is 8.63. The van der Waals surface area contributed by atoms with Crippen LogP contribution in [-0.4, -0.2) is 24.7 Å². The summed E-state index contributed by atoms with van der Waals surface area (Å²) in [6.45, 7) is 8.90. The zero-order valence-electron chi connectivity index (χ0n) is 15.1. The molecule has 1 atom stereocenters. The van der Waals surface area contributed by atoms with Crippen molar-refractivity contribution < 1.29 is 14.3 Å². The van der Waals surface area contributed by atoms with Crippen LogP contribution in [0.2, 0.25) is 0 Å². The molecule has 1 aromatic rings. The van der Waals surface area contributed by atoms with Gasteiger partial charge in [-0.1, -0.05) is 27.2 Å². The second kappa shape index (κ2) is 9.94. The molecule has 5 nitrogen and oxygen atoms in total. The van der Waals surface area contributed by atoms with Gasteiger partial charge >= 0.3 is 0 Å². The predicted octanol–water partition coefficient (Wildman–Crippen LogP) is 4.27. The van der Waals surface area contributed by atoms with Crippen LogP contribution in [0.25, 0.3) is 0 Å². The average Bonchev–Trinajstić information content (AvgIpc) is 2.60. The Labute approximate surface area is 145 Å². The molecule has 5 heteroatoms. The molecule has 24 heavy (non-hydrogen) atoms. The van der Waals surface area contributed by atoms with Crippen molar-refractivity contribution in [3.63, 3.8) is 0 Å². The van der Waals surface area contributed by atoms with Crippen molar-refractivity contribution in [1.29, 1.82) is 5.26 Å². The number of hydrogen-bond acceptors (Lipinski definition) is 4. The van der Waals surface area contributed by atoms with Gasteiger partial charge in [-0.05, 0) is 44.4 Å². The van der Waals surface area contributed by atoms with E-state index in [0.717, 1.165) is 19.3 Å². The SMILES string of the molecule is CCCCOc1ccc(NC(=O)C(C)(CC)OCCC)cc1C#N. The highest BCUT2D eigenvalue weighted by Gasteiger charge is 2.32. The Morgan fingerprint density at radius 1 is 1.25 bits per heavy atom. The molecule has 0 bridgehead atoms. The number of amides is 1. The molecule has 1 N–H and O–H groups in total. The maximum atomic E-state index is 12.5. The van der Waals surface area contributed by atoms with E-state index in [0.29, 0.717) is 36.6 Å². The van der Waals surface area contributed by atoms with Gasteiger partial charge in [-0.3, -0.25) is 4.79 Å². The number of ether oxygens (including phenoxy) is 2. The molecule has 0 aliphatic rings. The second-order valence-corrected chi connectivity index (χ2v) is 5.91. The highest BCUT2D eigenvalue weighted by atomic mass is 16.5. The minimum Gasteiger partial charge on any atom is -0.492 e. The summed E-state index contributed by atoms with van der Waals surface area (Å²) in [5.41, 5.74) is 0.106. The van der Waals surface area contributed by atoms with Crippen LogP contribution in [0.1, 0.15) is 58.9 Å². The first-order chi connectivity index (χ1) is 11.5. The summed E-state index contributed by atoms with van der Waals surface area (Å²) in [5, 5.41) is 12.1. The van der Waals surface area contributed by atoms with Gasteiger partial charge in [0.25, 0.3) is 5.91 Å². The zero-order valence-corrected chi connectivity index (χ0v) is 15.1. The largest absolute Gasteiger partial charge is 0.492 e. The van der Waals surface area contributed by atoms with Gasteiger partial charge in [0.1, 0.15) is 17.4 Å². The van der Waals surface area contributed by atoms with Crippen LogP contribution >= 0.6 is 0 Å². The number of unbranched alkanes of at least 4 members (excludes halogenated alkanes) is 1. The smallest absolute Gasteiger partial charge is 0.256 e. The maximum absolute atomic E-state index is 12.5. The van der Waals surface area contributed by atoms with E-state index in [2.05, 4.69) is 18.3 Å². The fourth-order valence-electron chi connectivity index (χ4n) is 2.07. The highest BCUT2D eigenvalue weighted by Crippen LogP contribution is 2.24. The molecule has 0 fully saturated rings. The van der Waals surface area contributed by atoms with Gasteiger partial charge in [-0.15, -0.1) is 0 Å². The third-order valence-electron chi connectivity index (χ3n) is 3.89. The van der Waals surface area contributed by atoms with Gasteiger partial charge in [-0.25, -0.2) is 0 Å². The molecule has 0 saturated carbocycles. The lowest BCUT2D eigenvalue weighted by Crippen LogP contribution is -2.42. The summed E-state index contributed by atoms with van der Waals surface area (Å²) in [4.78, 5) is 12.5. The van der Waals surface area contributed by atoms with Gasteiger partial charge in [0.2, 0.25) is 0 Å². The van der Waals surface area contributed by atoms with Crippen molar-refractivity contribution in [2.45, 2.75) is 59.0 Å². The molecular formula is C19H28N2O3. The van der Waals surface area contributed by atoms with Crippen molar-refractivity contribution in [2.75, 3.05) is 18.5 Å². The van der Waals surface area contributed by atoms with E-state index in [1.54, 1.807) is 25.1 Å². The molecule has 0 aliphatic heterocycles. The van der Waals surface area contributed by atoms with Crippen molar-refractivity contribution in [2.24, 2.45) is 0 Å². The number of nitriles is 1. The van der Waals surface area contributed by atoms with E-state index in [9.17, 15) is 10.1 Å². The fraction of sp³-hybridized carbons (Fsp3) is 0.579. The second-order valence-electron chi connectivity index (χ2n) is 5.91. The van der Waals surface area contributed by atoms with Crippen LogP contribution in [0.4, 0.5) is 5.69 Å². The molecule has 0 aromatic heterocycles. The van der Waals surface area contributed by atoms with Crippen LogP contribution in [-0.2, 0) is 9.53 Å². The van der Waals surface area contributed by atoms with Gasteiger partial charge in [0.05, 0.1) is 12.2 Å². The van der Waals surface area contributed by atoms with E-state index in [1.165, 1.54) is 0 Å². The number of benzene rings is 1. The Hall–Kier alpha value is -2.06. The number of hydrogen-bond donors (Lipinski definition) is 1. The third kappa shape index (κ3) is 5.54. The maximum Gasteiger partial charge on any atom is 0.256 e. The fourth-order valence-corrected chi connectivity index (χ4v) is 2.07. The summed E-state index contributed by atoms with van der Waals surface area (Å²) in [7, 11) is 0. The number of anilines is 1. The number of carbonyl (C=O) groups is 1. The van der Waals surface area contributed by atoms with Crippen LogP contribution in [0.15, 0.2) is 18.2 Å². The Morgan fingerprint density at radius 3 is 2.58 bits per heavy atom. The van der Waals surface area contributed by atoms with Crippen LogP contribution < -0.4 is 10.1 Å². The Balaban J connectivity index is 2.84. The van der Waals surface area contributed by atoms with Gasteiger partial charge in [-0.2, -0.15) is 5.26 Å². The number of rotatable bonds is 10. The standard InChI is InChI=1S/C19H28N2O3/c1-5-8-12-23-17-10-9-16(13-15(17)14-20)21-18(22)19(4,7-3)24-11-6-2/h9-10,13H,5-8,11-12H2,1-4H3,(H,21,22). The Morgan fingerprint density at radius 2 is 2.00 bits per heavy atom. The molecule has 132 valence electrons. The van der Waals surface area contributed by atoms with Crippen molar-refractivity contribution in [1.82, 2.24) is 0 Å². The molecule has 1 rings (SSSR count). The number of nitrogens with one attached hydrogen (secondary N) is 1. The zero-order chi connectivity index (χ0) is 18.0. The van der Waals surface area contributed by atoms with Crippen LogP contribution in [0, 0.1) is 11.3 Å². The minimum absolute atomic E-state index is 0.206. The van der Waals surface area contributed by atoms with Crippen molar-refractivity contribution in [3.8, 4) is 11.8 Å². The topological polar surface area (TPSA) is 71.3 Å². The van der Waals surface area contributed by atoms with Crippen molar-refractivity contribution in [3.05, 3.63) is 23.8 Å². The lowest BCUT2D eigenvalue weighted by atomic mass is 10.0. The van der Waals surface area contributed by atoms with Crippen LogP contribution in [0.5, 0.6) is 5.75 Å². The summed E-state index contributed by atoms with van der Waals surface area (Å²) in [5.74, 6) is 0.339. The molecule has 0 heterocycles. The number of carbonyl (C=O) groups excluding carboxylic acids is 1. The normalized spacial score (nSPS) is 13.0. The summed E-state index contributed by atoms with van der Waals surface area (Å²) >= 11 is 0. The molecule has 1 aromatic carbocycles. The molecule has 1 unspecified atom stereocenters. The predicted molar refractivity (Wildman–Crippen MR) is 95.1 cm³/mol.